The lowest BCUT2D eigenvalue weighted by molar-refractivity contribution is -0.218. The highest BCUT2D eigenvalue weighted by Crippen LogP contribution is 2.75. The van der Waals surface area contributed by atoms with E-state index in [2.05, 4.69) is 4.72 Å². The van der Waals surface area contributed by atoms with Crippen LogP contribution in [0.15, 0.2) is 24.3 Å². The number of amides is 1. The smallest absolute Gasteiger partial charge is 0.239 e. The van der Waals surface area contributed by atoms with Gasteiger partial charge in [-0.05, 0) is 42.4 Å². The summed E-state index contributed by atoms with van der Waals surface area (Å²) < 4.78 is 56.4. The summed E-state index contributed by atoms with van der Waals surface area (Å²) in [6.45, 7) is 0. The van der Waals surface area contributed by atoms with Gasteiger partial charge in [0.2, 0.25) is 22.4 Å². The van der Waals surface area contributed by atoms with Crippen molar-refractivity contribution in [3.8, 4) is 5.75 Å². The molecule has 24 heavy (non-hydrogen) atoms. The molecule has 3 saturated carbocycles. The largest absolute Gasteiger partial charge is 0.497 e. The van der Waals surface area contributed by atoms with E-state index in [1.807, 2.05) is 0 Å². The van der Waals surface area contributed by atoms with Crippen LogP contribution in [0.25, 0.3) is 0 Å². The summed E-state index contributed by atoms with van der Waals surface area (Å²) in [4.78, 5) is 12.2. The van der Waals surface area contributed by atoms with Crippen molar-refractivity contribution in [3.05, 3.63) is 29.8 Å². The zero-order chi connectivity index (χ0) is 17.6. The van der Waals surface area contributed by atoms with Crippen LogP contribution in [0.2, 0.25) is 0 Å². The maximum absolute atomic E-state index is 12.5. The molecular formula is C16H19F2NO4S. The van der Waals surface area contributed by atoms with Crippen molar-refractivity contribution in [2.45, 2.75) is 37.9 Å². The number of rotatable bonds is 7. The normalized spacial score (nSPS) is 28.0. The average Bonchev–Trinajstić information content (AvgIpc) is 2.39. The molecule has 0 aliphatic heterocycles. The molecule has 0 radical (unpaired) electrons. The van der Waals surface area contributed by atoms with Crippen molar-refractivity contribution >= 4 is 15.9 Å². The first-order valence-electron chi connectivity index (χ1n) is 7.64. The molecule has 132 valence electrons. The highest BCUT2D eigenvalue weighted by molar-refractivity contribution is 7.89. The summed E-state index contributed by atoms with van der Waals surface area (Å²) in [6, 6.07) is 6.58. The third-order valence-electron chi connectivity index (χ3n) is 4.95. The van der Waals surface area contributed by atoms with Gasteiger partial charge in [0.25, 0.3) is 0 Å². The van der Waals surface area contributed by atoms with Gasteiger partial charge in [-0.1, -0.05) is 12.1 Å². The molecule has 0 saturated heterocycles. The molecule has 1 aromatic carbocycles. The number of benzene rings is 1. The van der Waals surface area contributed by atoms with E-state index in [1.54, 1.807) is 24.3 Å². The average molecular weight is 359 g/mol. The second-order valence-electron chi connectivity index (χ2n) is 6.95. The molecule has 2 bridgehead atoms. The van der Waals surface area contributed by atoms with Crippen molar-refractivity contribution in [3.63, 3.8) is 0 Å². The van der Waals surface area contributed by atoms with Gasteiger partial charge in [0, 0.05) is 6.42 Å². The van der Waals surface area contributed by atoms with E-state index in [9.17, 15) is 22.0 Å². The zero-order valence-electron chi connectivity index (χ0n) is 13.2. The lowest BCUT2D eigenvalue weighted by Crippen LogP contribution is -2.68. The summed E-state index contributed by atoms with van der Waals surface area (Å²) in [6.07, 6.45) is -1.54. The van der Waals surface area contributed by atoms with E-state index in [1.165, 1.54) is 7.11 Å². The summed E-state index contributed by atoms with van der Waals surface area (Å²) in [5.41, 5.74) is -0.722. The fourth-order valence-corrected chi connectivity index (χ4v) is 5.24. The highest BCUT2D eigenvalue weighted by atomic mass is 32.2. The molecule has 1 aromatic rings. The molecule has 1 amide bonds. The molecule has 5 nitrogen and oxygen atoms in total. The maximum atomic E-state index is 12.5. The summed E-state index contributed by atoms with van der Waals surface area (Å²) in [5.74, 6) is -0.377. The predicted octanol–water partition coefficient (Wildman–Crippen LogP) is 2.47. The van der Waals surface area contributed by atoms with Gasteiger partial charge in [0.05, 0.1) is 18.3 Å². The van der Waals surface area contributed by atoms with Gasteiger partial charge >= 0.3 is 0 Å². The molecule has 0 spiro atoms. The van der Waals surface area contributed by atoms with Crippen LogP contribution in [0.3, 0.4) is 0 Å². The van der Waals surface area contributed by atoms with Crippen molar-refractivity contribution < 1.29 is 26.7 Å². The lowest BCUT2D eigenvalue weighted by Gasteiger charge is -2.69. The zero-order valence-corrected chi connectivity index (χ0v) is 14.0. The molecule has 3 aliphatic rings. The number of hydrogen-bond donors (Lipinski definition) is 1. The number of ether oxygens (including phenoxy) is 1. The van der Waals surface area contributed by atoms with Gasteiger partial charge in [0.1, 0.15) is 5.75 Å². The van der Waals surface area contributed by atoms with Crippen molar-refractivity contribution in [2.24, 2.45) is 10.8 Å². The maximum Gasteiger partial charge on any atom is 0.239 e. The molecule has 0 heterocycles. The second-order valence-corrected chi connectivity index (χ2v) is 8.67. The molecule has 1 N–H and O–H groups in total. The Morgan fingerprint density at radius 2 is 2.00 bits per heavy atom. The van der Waals surface area contributed by atoms with Gasteiger partial charge in [-0.15, -0.1) is 0 Å². The molecule has 4 rings (SSSR count). The molecule has 8 heteroatoms. The fraction of sp³-hybridized carbons (Fsp3) is 0.562. The third kappa shape index (κ3) is 3.11. The van der Waals surface area contributed by atoms with Crippen LogP contribution in [0, 0.1) is 10.8 Å². The fourth-order valence-electron chi connectivity index (χ4n) is 4.05. The van der Waals surface area contributed by atoms with Crippen LogP contribution in [0.4, 0.5) is 8.78 Å². The van der Waals surface area contributed by atoms with Crippen LogP contribution in [0.1, 0.15) is 31.2 Å². The Labute approximate surface area is 139 Å². The third-order valence-corrected chi connectivity index (χ3v) is 6.16. The minimum Gasteiger partial charge on any atom is -0.497 e. The second kappa shape index (κ2) is 5.68. The Hall–Kier alpha value is -1.70. The molecular weight excluding hydrogens is 340 g/mol. The van der Waals surface area contributed by atoms with Gasteiger partial charge < -0.3 is 4.74 Å². The lowest BCUT2D eigenvalue weighted by atomic mass is 9.34. The van der Waals surface area contributed by atoms with Crippen LogP contribution in [-0.4, -0.2) is 27.9 Å². The van der Waals surface area contributed by atoms with Crippen molar-refractivity contribution in [1.82, 2.24) is 4.72 Å². The first kappa shape index (κ1) is 17.1. The van der Waals surface area contributed by atoms with E-state index in [-0.39, 0.29) is 12.2 Å². The summed E-state index contributed by atoms with van der Waals surface area (Å²) in [5, 5.41) is 0. The highest BCUT2D eigenvalue weighted by Gasteiger charge is 2.71. The van der Waals surface area contributed by atoms with Gasteiger partial charge in [-0.3, -0.25) is 9.52 Å². The SMILES string of the molecule is COc1cccc(CS(=O)(=O)NC(=O)C23CC(CC(F)F)(C2)C3)c1. The van der Waals surface area contributed by atoms with Gasteiger partial charge in [-0.2, -0.15) is 0 Å². The van der Waals surface area contributed by atoms with Crippen LogP contribution in [-0.2, 0) is 20.6 Å². The molecule has 0 atom stereocenters. The molecule has 0 aromatic heterocycles. The van der Waals surface area contributed by atoms with Crippen LogP contribution >= 0.6 is 0 Å². The predicted molar refractivity (Wildman–Crippen MR) is 83.1 cm³/mol. The molecule has 3 fully saturated rings. The van der Waals surface area contributed by atoms with Gasteiger partial charge in [-0.25, -0.2) is 17.2 Å². The van der Waals surface area contributed by atoms with E-state index in [4.69, 9.17) is 4.74 Å². The Kier molecular flexibility index (Phi) is 4.06. The first-order valence-corrected chi connectivity index (χ1v) is 9.29. The monoisotopic (exact) mass is 359 g/mol. The summed E-state index contributed by atoms with van der Waals surface area (Å²) >= 11 is 0. The van der Waals surface area contributed by atoms with Crippen molar-refractivity contribution in [2.75, 3.05) is 7.11 Å². The number of alkyl halides is 2. The minimum atomic E-state index is -3.84. The number of methoxy groups -OCH3 is 1. The number of halogens is 2. The van der Waals surface area contributed by atoms with E-state index < -0.39 is 33.2 Å². The van der Waals surface area contributed by atoms with Crippen molar-refractivity contribution in [1.29, 1.82) is 0 Å². The Bertz CT molecular complexity index is 743. The topological polar surface area (TPSA) is 72.5 Å². The number of carbonyl (C=O) groups is 1. The summed E-state index contributed by atoms with van der Waals surface area (Å²) in [7, 11) is -2.36. The van der Waals surface area contributed by atoms with Gasteiger partial charge in [0.15, 0.2) is 0 Å². The van der Waals surface area contributed by atoms with E-state index >= 15 is 0 Å². The standard InChI is InChI=1S/C16H19F2NO4S/c1-23-12-4-2-3-11(5-12)7-24(21,22)19-14(20)16-8-15(9-16,10-16)6-13(17)18/h2-5,13H,6-10H2,1H3,(H,19,20). The molecule has 3 aliphatic carbocycles. The van der Waals surface area contributed by atoms with Crippen LogP contribution in [0.5, 0.6) is 5.75 Å². The van der Waals surface area contributed by atoms with E-state index in [0.29, 0.717) is 30.6 Å². The Morgan fingerprint density at radius 1 is 1.33 bits per heavy atom. The number of hydrogen-bond acceptors (Lipinski definition) is 4. The molecule has 0 unspecified atom stereocenters. The Morgan fingerprint density at radius 3 is 2.58 bits per heavy atom. The number of sulfonamides is 1. The van der Waals surface area contributed by atoms with E-state index in [0.717, 1.165) is 0 Å². The number of carbonyl (C=O) groups excluding carboxylic acids is 1. The Balaban J connectivity index is 1.59. The van der Waals surface area contributed by atoms with Crippen LogP contribution < -0.4 is 9.46 Å². The number of nitrogens with one attached hydrogen (secondary N) is 1. The minimum absolute atomic E-state index is 0.210. The first-order chi connectivity index (χ1) is 11.2. The quantitative estimate of drug-likeness (QED) is 0.812.